The standard InChI is InChI=1S/C21H30N6OS/c1-2-28-14-13-27-19(25-18-4-3-7-22-20(18)27)16-17-5-10-26(11-6-17)12-8-23-21-24-9-15-29-21/h3-4,7,9,15,17H,2,5-6,8,10-14,16H2,1H3,(H,23,24). The maximum Gasteiger partial charge on any atom is 0.182 e. The molecule has 0 unspecified atom stereocenters. The second kappa shape index (κ2) is 10.1. The summed E-state index contributed by atoms with van der Waals surface area (Å²) in [5.41, 5.74) is 1.97. The molecule has 4 rings (SSSR count). The Labute approximate surface area is 176 Å². The van der Waals surface area contributed by atoms with E-state index in [1.807, 2.05) is 30.8 Å². The van der Waals surface area contributed by atoms with Crippen LogP contribution in [-0.2, 0) is 17.7 Å². The second-order valence-electron chi connectivity index (χ2n) is 7.48. The lowest BCUT2D eigenvalue weighted by Crippen LogP contribution is -2.37. The number of hydrogen-bond acceptors (Lipinski definition) is 7. The normalized spacial score (nSPS) is 15.9. The van der Waals surface area contributed by atoms with Crippen molar-refractivity contribution in [1.29, 1.82) is 0 Å². The van der Waals surface area contributed by atoms with Crippen molar-refractivity contribution in [2.75, 3.05) is 44.7 Å². The molecule has 3 aromatic heterocycles. The average molecular weight is 415 g/mol. The lowest BCUT2D eigenvalue weighted by molar-refractivity contribution is 0.138. The van der Waals surface area contributed by atoms with E-state index < -0.39 is 0 Å². The first-order valence-corrected chi connectivity index (χ1v) is 11.4. The predicted octanol–water partition coefficient (Wildman–Crippen LogP) is 3.29. The lowest BCUT2D eigenvalue weighted by atomic mass is 9.93. The molecule has 29 heavy (non-hydrogen) atoms. The highest BCUT2D eigenvalue weighted by atomic mass is 32.1. The van der Waals surface area contributed by atoms with Crippen molar-refractivity contribution < 1.29 is 4.74 Å². The molecule has 7 nitrogen and oxygen atoms in total. The number of aromatic nitrogens is 4. The third-order valence-corrected chi connectivity index (χ3v) is 6.29. The van der Waals surface area contributed by atoms with Crippen LogP contribution < -0.4 is 5.32 Å². The van der Waals surface area contributed by atoms with Crippen LogP contribution in [0.1, 0.15) is 25.6 Å². The summed E-state index contributed by atoms with van der Waals surface area (Å²) in [6.07, 6.45) is 7.16. The minimum atomic E-state index is 0.681. The molecule has 0 radical (unpaired) electrons. The number of piperidine rings is 1. The van der Waals surface area contributed by atoms with Crippen LogP contribution in [0.5, 0.6) is 0 Å². The first-order chi connectivity index (χ1) is 14.3. The van der Waals surface area contributed by atoms with Crippen molar-refractivity contribution >= 4 is 27.6 Å². The van der Waals surface area contributed by atoms with Gasteiger partial charge in [-0.2, -0.15) is 0 Å². The van der Waals surface area contributed by atoms with E-state index in [-0.39, 0.29) is 0 Å². The summed E-state index contributed by atoms with van der Waals surface area (Å²) >= 11 is 1.66. The first kappa shape index (κ1) is 20.3. The molecule has 0 aromatic carbocycles. The third kappa shape index (κ3) is 5.32. The molecule has 0 bridgehead atoms. The van der Waals surface area contributed by atoms with Crippen LogP contribution in [0.4, 0.5) is 5.13 Å². The van der Waals surface area contributed by atoms with Crippen molar-refractivity contribution in [3.8, 4) is 0 Å². The Morgan fingerprint density at radius 3 is 2.90 bits per heavy atom. The molecule has 0 saturated carbocycles. The number of rotatable bonds is 10. The van der Waals surface area contributed by atoms with Gasteiger partial charge in [0.2, 0.25) is 0 Å². The van der Waals surface area contributed by atoms with Crippen LogP contribution in [0, 0.1) is 5.92 Å². The summed E-state index contributed by atoms with van der Waals surface area (Å²) in [7, 11) is 0. The number of pyridine rings is 1. The van der Waals surface area contributed by atoms with E-state index in [0.717, 1.165) is 67.9 Å². The number of thiazole rings is 1. The largest absolute Gasteiger partial charge is 0.380 e. The Kier molecular flexibility index (Phi) is 7.08. The zero-order valence-electron chi connectivity index (χ0n) is 17.1. The highest BCUT2D eigenvalue weighted by Gasteiger charge is 2.22. The highest BCUT2D eigenvalue weighted by molar-refractivity contribution is 7.13. The first-order valence-electron chi connectivity index (χ1n) is 10.6. The minimum Gasteiger partial charge on any atom is -0.380 e. The van der Waals surface area contributed by atoms with Crippen molar-refractivity contribution in [3.05, 3.63) is 35.7 Å². The Hall–Kier alpha value is -2.03. The van der Waals surface area contributed by atoms with Gasteiger partial charge in [0, 0.05) is 50.4 Å². The SMILES string of the molecule is CCOCCn1c(CC2CCN(CCNc3nccs3)CC2)nc2cccnc21. The van der Waals surface area contributed by atoms with E-state index in [1.54, 1.807) is 11.3 Å². The lowest BCUT2D eigenvalue weighted by Gasteiger charge is -2.31. The van der Waals surface area contributed by atoms with Gasteiger partial charge in [0.1, 0.15) is 11.3 Å². The summed E-state index contributed by atoms with van der Waals surface area (Å²) in [5, 5.41) is 6.42. The summed E-state index contributed by atoms with van der Waals surface area (Å²) in [5.74, 6) is 1.84. The third-order valence-electron chi connectivity index (χ3n) is 5.56. The molecule has 1 aliphatic rings. The molecule has 1 saturated heterocycles. The molecule has 0 aliphatic carbocycles. The van der Waals surface area contributed by atoms with Crippen molar-refractivity contribution in [3.63, 3.8) is 0 Å². The number of likely N-dealkylation sites (tertiary alicyclic amines) is 1. The van der Waals surface area contributed by atoms with E-state index >= 15 is 0 Å². The van der Waals surface area contributed by atoms with Crippen LogP contribution >= 0.6 is 11.3 Å². The molecule has 0 atom stereocenters. The Morgan fingerprint density at radius 2 is 2.10 bits per heavy atom. The summed E-state index contributed by atoms with van der Waals surface area (Å²) in [6.45, 7) is 8.63. The zero-order valence-corrected chi connectivity index (χ0v) is 17.9. The number of nitrogens with one attached hydrogen (secondary N) is 1. The van der Waals surface area contributed by atoms with Gasteiger partial charge in [-0.05, 0) is 50.9 Å². The smallest absolute Gasteiger partial charge is 0.182 e. The molecule has 1 N–H and O–H groups in total. The molecular formula is C21H30N6OS. The van der Waals surface area contributed by atoms with E-state index in [2.05, 4.69) is 30.8 Å². The molecule has 8 heteroatoms. The second-order valence-corrected chi connectivity index (χ2v) is 8.37. The van der Waals surface area contributed by atoms with Gasteiger partial charge >= 0.3 is 0 Å². The van der Waals surface area contributed by atoms with Gasteiger partial charge in [-0.1, -0.05) is 0 Å². The molecular weight excluding hydrogens is 384 g/mol. The van der Waals surface area contributed by atoms with E-state index in [9.17, 15) is 0 Å². The fourth-order valence-electron chi connectivity index (χ4n) is 4.00. The average Bonchev–Trinajstić information content (AvgIpc) is 3.38. The number of nitrogens with zero attached hydrogens (tertiary/aromatic N) is 5. The van der Waals surface area contributed by atoms with Gasteiger partial charge < -0.3 is 19.5 Å². The van der Waals surface area contributed by atoms with Gasteiger partial charge in [0.25, 0.3) is 0 Å². The van der Waals surface area contributed by atoms with Gasteiger partial charge in [0.15, 0.2) is 10.8 Å². The van der Waals surface area contributed by atoms with Crippen molar-refractivity contribution in [1.82, 2.24) is 24.4 Å². The Morgan fingerprint density at radius 1 is 1.21 bits per heavy atom. The number of imidazole rings is 1. The number of anilines is 1. The van der Waals surface area contributed by atoms with Crippen LogP contribution in [0.25, 0.3) is 11.2 Å². The summed E-state index contributed by atoms with van der Waals surface area (Å²) in [6, 6.07) is 4.02. The maximum absolute atomic E-state index is 5.59. The summed E-state index contributed by atoms with van der Waals surface area (Å²) in [4.78, 5) is 16.3. The van der Waals surface area contributed by atoms with E-state index in [1.165, 1.54) is 12.8 Å². The van der Waals surface area contributed by atoms with Gasteiger partial charge in [-0.25, -0.2) is 15.0 Å². The molecule has 0 spiro atoms. The topological polar surface area (TPSA) is 68.1 Å². The van der Waals surface area contributed by atoms with Gasteiger partial charge in [-0.3, -0.25) is 0 Å². The number of ether oxygens (including phenoxy) is 1. The molecule has 1 fully saturated rings. The molecule has 156 valence electrons. The monoisotopic (exact) mass is 414 g/mol. The van der Waals surface area contributed by atoms with E-state index in [0.29, 0.717) is 12.5 Å². The Bertz CT molecular complexity index is 873. The van der Waals surface area contributed by atoms with Crippen LogP contribution in [0.3, 0.4) is 0 Å². The van der Waals surface area contributed by atoms with Crippen molar-refractivity contribution in [2.24, 2.45) is 5.92 Å². The fraction of sp³-hybridized carbons (Fsp3) is 0.571. The van der Waals surface area contributed by atoms with Crippen molar-refractivity contribution in [2.45, 2.75) is 32.7 Å². The minimum absolute atomic E-state index is 0.681. The fourth-order valence-corrected chi connectivity index (χ4v) is 4.56. The number of hydrogen-bond donors (Lipinski definition) is 1. The van der Waals surface area contributed by atoms with Gasteiger partial charge in [0.05, 0.1) is 6.61 Å². The molecule has 1 aliphatic heterocycles. The number of fused-ring (bicyclic) bond motifs is 1. The molecule has 0 amide bonds. The molecule has 4 heterocycles. The zero-order chi connectivity index (χ0) is 19.9. The quantitative estimate of drug-likeness (QED) is 0.514. The summed E-state index contributed by atoms with van der Waals surface area (Å²) < 4.78 is 7.85. The highest BCUT2D eigenvalue weighted by Crippen LogP contribution is 2.23. The van der Waals surface area contributed by atoms with Crippen LogP contribution in [0.2, 0.25) is 0 Å². The van der Waals surface area contributed by atoms with E-state index in [4.69, 9.17) is 9.72 Å². The molecule has 3 aromatic rings. The predicted molar refractivity (Wildman–Crippen MR) is 117 cm³/mol. The van der Waals surface area contributed by atoms with Crippen LogP contribution in [0.15, 0.2) is 29.9 Å². The van der Waals surface area contributed by atoms with Crippen LogP contribution in [-0.4, -0.2) is 63.8 Å². The Balaban J connectivity index is 1.30. The maximum atomic E-state index is 5.59. The van der Waals surface area contributed by atoms with Gasteiger partial charge in [-0.15, -0.1) is 11.3 Å².